The van der Waals surface area contributed by atoms with Gasteiger partial charge < -0.3 is 15.4 Å². The minimum atomic E-state index is -4.88. The highest BCUT2D eigenvalue weighted by Gasteiger charge is 2.37. The maximum absolute atomic E-state index is 13.1. The lowest BCUT2D eigenvalue weighted by molar-refractivity contribution is -0.141. The first-order valence-corrected chi connectivity index (χ1v) is 10.1. The standard InChI is InChI=1S/C18H17ClF6N8O2/c1-8(30-9-3-29-33-16(34)14(9)18(23,24)25)6-35-7-11-15(19)10(31-32-11)2-27-13-5-26-12(4-28-13)17(20,21)22/h3-5,8H,2,6-7H2,1H3,(H,27,28)(H,31,32)(H2,30,33,34)/t8-/m0/s1. The molecule has 0 aliphatic carbocycles. The number of rotatable bonds is 9. The third-order valence-corrected chi connectivity index (χ3v) is 4.83. The molecule has 0 saturated carbocycles. The minimum absolute atomic E-state index is 0.0413. The normalized spacial score (nSPS) is 13.0. The Kier molecular flexibility index (Phi) is 7.84. The fraction of sp³-hybridized carbons (Fsp3) is 0.389. The van der Waals surface area contributed by atoms with Crippen LogP contribution in [-0.2, 0) is 30.2 Å². The van der Waals surface area contributed by atoms with Gasteiger partial charge in [0.1, 0.15) is 17.1 Å². The molecule has 17 heteroatoms. The zero-order valence-corrected chi connectivity index (χ0v) is 18.4. The molecule has 3 aromatic rings. The molecule has 0 aliphatic heterocycles. The number of anilines is 2. The van der Waals surface area contributed by atoms with Crippen molar-refractivity contribution in [2.75, 3.05) is 17.2 Å². The summed E-state index contributed by atoms with van der Waals surface area (Å²) in [6.45, 7) is 1.41. The molecule has 0 saturated heterocycles. The topological polar surface area (TPSA) is 134 Å². The van der Waals surface area contributed by atoms with E-state index in [0.717, 1.165) is 12.4 Å². The van der Waals surface area contributed by atoms with Crippen LogP contribution in [0.15, 0.2) is 23.4 Å². The third-order valence-electron chi connectivity index (χ3n) is 4.38. The van der Waals surface area contributed by atoms with E-state index in [-0.39, 0.29) is 30.6 Å². The van der Waals surface area contributed by atoms with E-state index in [4.69, 9.17) is 16.3 Å². The van der Waals surface area contributed by atoms with Gasteiger partial charge in [-0.25, -0.2) is 15.1 Å². The monoisotopic (exact) mass is 526 g/mol. The van der Waals surface area contributed by atoms with Crippen molar-refractivity contribution >= 4 is 23.1 Å². The molecule has 0 amide bonds. The average molecular weight is 527 g/mol. The van der Waals surface area contributed by atoms with E-state index in [0.29, 0.717) is 17.6 Å². The Labute approximate surface area is 197 Å². The van der Waals surface area contributed by atoms with E-state index in [1.165, 1.54) is 6.92 Å². The second-order valence-electron chi connectivity index (χ2n) is 7.15. The number of halogens is 7. The van der Waals surface area contributed by atoms with Gasteiger partial charge in [-0.1, -0.05) is 11.6 Å². The fourth-order valence-electron chi connectivity index (χ4n) is 2.79. The van der Waals surface area contributed by atoms with Crippen molar-refractivity contribution in [1.82, 2.24) is 30.4 Å². The quantitative estimate of drug-likeness (QED) is 0.311. The van der Waals surface area contributed by atoms with Gasteiger partial charge in [-0.2, -0.15) is 36.5 Å². The summed E-state index contributed by atoms with van der Waals surface area (Å²) in [5.41, 5.74) is -3.71. The van der Waals surface area contributed by atoms with E-state index in [9.17, 15) is 31.1 Å². The summed E-state index contributed by atoms with van der Waals surface area (Å²) in [7, 11) is 0. The highest BCUT2D eigenvalue weighted by atomic mass is 35.5. The van der Waals surface area contributed by atoms with Gasteiger partial charge in [0.2, 0.25) is 0 Å². The van der Waals surface area contributed by atoms with Gasteiger partial charge in [0.25, 0.3) is 5.56 Å². The zero-order chi connectivity index (χ0) is 25.8. The first-order chi connectivity index (χ1) is 16.4. The predicted molar refractivity (Wildman–Crippen MR) is 111 cm³/mol. The first kappa shape index (κ1) is 26.2. The van der Waals surface area contributed by atoms with Crippen LogP contribution in [0.4, 0.5) is 37.8 Å². The second kappa shape index (κ2) is 10.5. The molecule has 0 aromatic carbocycles. The van der Waals surface area contributed by atoms with Crippen molar-refractivity contribution in [3.05, 3.63) is 56.6 Å². The fourth-order valence-corrected chi connectivity index (χ4v) is 3.00. The molecule has 0 fully saturated rings. The van der Waals surface area contributed by atoms with Gasteiger partial charge in [0, 0.05) is 6.04 Å². The summed E-state index contributed by atoms with van der Waals surface area (Å²) in [6, 6.07) is -0.642. The summed E-state index contributed by atoms with van der Waals surface area (Å²) >= 11 is 6.22. The lowest BCUT2D eigenvalue weighted by Gasteiger charge is -2.18. The number of nitrogens with one attached hydrogen (secondary N) is 4. The minimum Gasteiger partial charge on any atom is -0.378 e. The molecule has 1 atom stereocenters. The van der Waals surface area contributed by atoms with Crippen molar-refractivity contribution in [1.29, 1.82) is 0 Å². The molecule has 0 spiro atoms. The van der Waals surface area contributed by atoms with E-state index >= 15 is 0 Å². The first-order valence-electron chi connectivity index (χ1n) is 9.70. The lowest BCUT2D eigenvalue weighted by atomic mass is 10.2. The molecule has 0 radical (unpaired) electrons. The number of hydrogen-bond donors (Lipinski definition) is 4. The Morgan fingerprint density at radius 3 is 2.46 bits per heavy atom. The highest BCUT2D eigenvalue weighted by molar-refractivity contribution is 6.31. The Morgan fingerprint density at radius 2 is 1.83 bits per heavy atom. The molecular weight excluding hydrogens is 510 g/mol. The number of nitrogens with zero attached hydrogens (tertiary/aromatic N) is 4. The Balaban J connectivity index is 1.52. The summed E-state index contributed by atoms with van der Waals surface area (Å²) in [5, 5.41) is 17.2. The van der Waals surface area contributed by atoms with Crippen molar-refractivity contribution in [2.24, 2.45) is 0 Å². The van der Waals surface area contributed by atoms with Crippen LogP contribution in [0, 0.1) is 0 Å². The number of hydrogen-bond acceptors (Lipinski definition) is 8. The molecule has 35 heavy (non-hydrogen) atoms. The zero-order valence-electron chi connectivity index (χ0n) is 17.7. The van der Waals surface area contributed by atoms with Crippen molar-refractivity contribution in [3.8, 4) is 0 Å². The smallest absolute Gasteiger partial charge is 0.378 e. The number of aromatic amines is 2. The highest BCUT2D eigenvalue weighted by Crippen LogP contribution is 2.31. The number of alkyl halides is 6. The maximum Gasteiger partial charge on any atom is 0.434 e. The molecule has 3 rings (SSSR count). The van der Waals surface area contributed by atoms with Crippen LogP contribution in [0.25, 0.3) is 0 Å². The average Bonchev–Trinajstić information content (AvgIpc) is 3.10. The van der Waals surface area contributed by atoms with Crippen LogP contribution in [0.3, 0.4) is 0 Å². The van der Waals surface area contributed by atoms with Crippen LogP contribution < -0.4 is 16.2 Å². The van der Waals surface area contributed by atoms with Gasteiger partial charge >= 0.3 is 12.4 Å². The van der Waals surface area contributed by atoms with Crippen LogP contribution in [0.2, 0.25) is 5.02 Å². The van der Waals surface area contributed by atoms with Crippen molar-refractivity contribution in [2.45, 2.75) is 38.5 Å². The Hall–Kier alpha value is -3.40. The van der Waals surface area contributed by atoms with Gasteiger partial charge in [0.05, 0.1) is 54.8 Å². The van der Waals surface area contributed by atoms with Crippen LogP contribution in [0.5, 0.6) is 0 Å². The van der Waals surface area contributed by atoms with E-state index in [2.05, 4.69) is 35.9 Å². The van der Waals surface area contributed by atoms with Crippen LogP contribution in [-0.4, -0.2) is 43.0 Å². The van der Waals surface area contributed by atoms with E-state index in [1.807, 2.05) is 0 Å². The molecule has 3 heterocycles. The molecule has 0 bridgehead atoms. The summed E-state index contributed by atoms with van der Waals surface area (Å²) in [5.74, 6) is 0.0776. The number of H-pyrrole nitrogens is 2. The van der Waals surface area contributed by atoms with E-state index < -0.39 is 40.9 Å². The molecule has 0 unspecified atom stereocenters. The molecule has 3 aromatic heterocycles. The van der Waals surface area contributed by atoms with Crippen LogP contribution >= 0.6 is 11.6 Å². The van der Waals surface area contributed by atoms with Gasteiger partial charge in [-0.3, -0.25) is 9.89 Å². The molecule has 10 nitrogen and oxygen atoms in total. The van der Waals surface area contributed by atoms with Crippen molar-refractivity contribution < 1.29 is 31.1 Å². The van der Waals surface area contributed by atoms with Gasteiger partial charge in [-0.05, 0) is 6.92 Å². The van der Waals surface area contributed by atoms with Gasteiger partial charge in [0.15, 0.2) is 5.69 Å². The largest absolute Gasteiger partial charge is 0.434 e. The lowest BCUT2D eigenvalue weighted by Crippen LogP contribution is -2.29. The Morgan fingerprint density at radius 1 is 1.09 bits per heavy atom. The van der Waals surface area contributed by atoms with Crippen LogP contribution in [0.1, 0.15) is 29.6 Å². The summed E-state index contributed by atoms with van der Waals surface area (Å²) in [6.07, 6.45) is -7.11. The molecular formula is C18H17ClF6N8O2. The third kappa shape index (κ3) is 6.82. The Bertz CT molecular complexity index is 1200. The SMILES string of the molecule is C[C@@H](COCc1n[nH]c(CNc2cnc(C(F)(F)F)cn2)c1Cl)Nc1cn[nH]c(=O)c1C(F)(F)F. The summed E-state index contributed by atoms with van der Waals surface area (Å²) < 4.78 is 82.4. The van der Waals surface area contributed by atoms with Gasteiger partial charge in [-0.15, -0.1) is 0 Å². The van der Waals surface area contributed by atoms with E-state index in [1.54, 1.807) is 5.10 Å². The second-order valence-corrected chi connectivity index (χ2v) is 7.53. The maximum atomic E-state index is 13.1. The number of ether oxygens (including phenoxy) is 1. The van der Waals surface area contributed by atoms with Crippen molar-refractivity contribution in [3.63, 3.8) is 0 Å². The molecule has 4 N–H and O–H groups in total. The molecule has 0 aliphatic rings. The predicted octanol–water partition coefficient (Wildman–Crippen LogP) is 3.60. The number of aromatic nitrogens is 6. The summed E-state index contributed by atoms with van der Waals surface area (Å²) in [4.78, 5) is 18.4. The molecule has 190 valence electrons.